The van der Waals surface area contributed by atoms with Crippen molar-refractivity contribution in [2.24, 2.45) is 11.3 Å². The lowest BCUT2D eigenvalue weighted by Crippen LogP contribution is -2.31. The van der Waals surface area contributed by atoms with Gasteiger partial charge in [-0.25, -0.2) is 0 Å². The van der Waals surface area contributed by atoms with Gasteiger partial charge in [0.25, 0.3) is 5.91 Å². The van der Waals surface area contributed by atoms with Crippen molar-refractivity contribution in [1.29, 1.82) is 0 Å². The second-order valence-electron chi connectivity index (χ2n) is 6.90. The van der Waals surface area contributed by atoms with E-state index in [9.17, 15) is 9.59 Å². The Balaban J connectivity index is 1.34. The number of carbonyl (C=O) groups is 2. The van der Waals surface area contributed by atoms with Crippen molar-refractivity contribution in [3.05, 3.63) is 57.2 Å². The van der Waals surface area contributed by atoms with E-state index in [1.807, 2.05) is 22.4 Å². The van der Waals surface area contributed by atoms with Gasteiger partial charge in [0.05, 0.1) is 6.54 Å². The van der Waals surface area contributed by atoms with Crippen LogP contribution in [0.4, 0.5) is 0 Å². The van der Waals surface area contributed by atoms with Crippen molar-refractivity contribution in [3.8, 4) is 0 Å². The molecule has 0 radical (unpaired) electrons. The summed E-state index contributed by atoms with van der Waals surface area (Å²) in [7, 11) is 0. The number of thiophene rings is 1. The smallest absolute Gasteiger partial charge is 0.253 e. The third-order valence-corrected chi connectivity index (χ3v) is 6.42. The maximum absolute atomic E-state index is 12.6. The number of nitrogens with zero attached hydrogens (tertiary/aromatic N) is 1. The summed E-state index contributed by atoms with van der Waals surface area (Å²) in [6, 6.07) is 11.0. The zero-order chi connectivity index (χ0) is 17.4. The summed E-state index contributed by atoms with van der Waals surface area (Å²) in [5.41, 5.74) is 0.641. The molecule has 2 aromatic rings. The van der Waals surface area contributed by atoms with Gasteiger partial charge in [0, 0.05) is 39.9 Å². The zero-order valence-electron chi connectivity index (χ0n) is 13.7. The Kier molecular flexibility index (Phi) is 4.29. The number of carbonyl (C=O) groups excluding carboxylic acids is 2. The minimum absolute atomic E-state index is 0.0123. The van der Waals surface area contributed by atoms with Crippen LogP contribution in [0.1, 0.15) is 28.1 Å². The number of halogens is 1. The Morgan fingerprint density at radius 2 is 2.08 bits per heavy atom. The molecule has 130 valence electrons. The molecule has 2 heterocycles. The molecule has 1 spiro atoms. The second kappa shape index (κ2) is 6.46. The fourth-order valence-corrected chi connectivity index (χ4v) is 4.49. The number of rotatable bonds is 4. The minimum atomic E-state index is -0.0123. The summed E-state index contributed by atoms with van der Waals surface area (Å²) in [4.78, 5) is 28.1. The minimum Gasteiger partial charge on any atom is -0.351 e. The molecule has 1 aliphatic heterocycles. The van der Waals surface area contributed by atoms with Crippen LogP contribution in [0.25, 0.3) is 0 Å². The Morgan fingerprint density at radius 3 is 2.80 bits per heavy atom. The molecule has 4 nitrogen and oxygen atoms in total. The summed E-state index contributed by atoms with van der Waals surface area (Å²) >= 11 is 7.53. The van der Waals surface area contributed by atoms with E-state index < -0.39 is 0 Å². The van der Waals surface area contributed by atoms with Crippen LogP contribution >= 0.6 is 22.9 Å². The topological polar surface area (TPSA) is 49.4 Å². The van der Waals surface area contributed by atoms with E-state index in [1.54, 1.807) is 35.6 Å². The first-order valence-corrected chi connectivity index (χ1v) is 9.68. The van der Waals surface area contributed by atoms with Gasteiger partial charge < -0.3 is 10.2 Å². The Hall–Kier alpha value is -1.85. The fourth-order valence-electron chi connectivity index (χ4n) is 3.72. The van der Waals surface area contributed by atoms with Gasteiger partial charge in [0.1, 0.15) is 0 Å². The standard InChI is InChI=1S/C19H19ClN2O2S/c20-14-5-3-13(4-6-14)18(24)22-8-7-19(12-22)10-16(19)17(23)21-11-15-2-1-9-25-15/h1-6,9,16H,7-8,10-12H2,(H,21,23)/t16-,19+/m0/s1. The molecule has 1 saturated heterocycles. The van der Waals surface area contributed by atoms with E-state index in [-0.39, 0.29) is 23.1 Å². The van der Waals surface area contributed by atoms with Gasteiger partial charge in [0.15, 0.2) is 0 Å². The maximum Gasteiger partial charge on any atom is 0.253 e. The van der Waals surface area contributed by atoms with Gasteiger partial charge >= 0.3 is 0 Å². The van der Waals surface area contributed by atoms with Crippen LogP contribution in [0.2, 0.25) is 5.02 Å². The van der Waals surface area contributed by atoms with E-state index >= 15 is 0 Å². The molecule has 1 aromatic carbocycles. The summed E-state index contributed by atoms with van der Waals surface area (Å²) in [6.07, 6.45) is 1.79. The van der Waals surface area contributed by atoms with Gasteiger partial charge in [-0.05, 0) is 48.6 Å². The first-order chi connectivity index (χ1) is 12.1. The lowest BCUT2D eigenvalue weighted by molar-refractivity contribution is -0.123. The third kappa shape index (κ3) is 3.31. The summed E-state index contributed by atoms with van der Waals surface area (Å²) in [5, 5.41) is 5.67. The summed E-state index contributed by atoms with van der Waals surface area (Å²) in [5.74, 6) is 0.183. The molecule has 25 heavy (non-hydrogen) atoms. The van der Waals surface area contributed by atoms with Crippen molar-refractivity contribution in [3.63, 3.8) is 0 Å². The normalized spacial score (nSPS) is 24.5. The largest absolute Gasteiger partial charge is 0.351 e. The van der Waals surface area contributed by atoms with Crippen LogP contribution in [0.15, 0.2) is 41.8 Å². The SMILES string of the molecule is O=C(NCc1cccs1)[C@@H]1C[C@@]12CCN(C(=O)c1ccc(Cl)cc1)C2. The van der Waals surface area contributed by atoms with Crippen LogP contribution < -0.4 is 5.32 Å². The van der Waals surface area contributed by atoms with Crippen LogP contribution in [0.3, 0.4) is 0 Å². The fraction of sp³-hybridized carbons (Fsp3) is 0.368. The first kappa shape index (κ1) is 16.6. The molecule has 1 N–H and O–H groups in total. The summed E-state index contributed by atoms with van der Waals surface area (Å²) in [6.45, 7) is 1.98. The highest BCUT2D eigenvalue weighted by molar-refractivity contribution is 7.09. The van der Waals surface area contributed by atoms with Gasteiger partial charge in [-0.2, -0.15) is 0 Å². The van der Waals surface area contributed by atoms with Crippen molar-refractivity contribution >= 4 is 34.8 Å². The van der Waals surface area contributed by atoms with Gasteiger partial charge in [0.2, 0.25) is 5.91 Å². The molecular formula is C19H19ClN2O2S. The highest BCUT2D eigenvalue weighted by Crippen LogP contribution is 2.58. The lowest BCUT2D eigenvalue weighted by Gasteiger charge is -2.17. The molecule has 1 aliphatic carbocycles. The monoisotopic (exact) mass is 374 g/mol. The van der Waals surface area contributed by atoms with E-state index in [4.69, 9.17) is 11.6 Å². The van der Waals surface area contributed by atoms with Crippen molar-refractivity contribution < 1.29 is 9.59 Å². The van der Waals surface area contributed by atoms with Gasteiger partial charge in [-0.1, -0.05) is 17.7 Å². The number of hydrogen-bond donors (Lipinski definition) is 1. The Bertz CT molecular complexity index is 790. The van der Waals surface area contributed by atoms with E-state index in [2.05, 4.69) is 5.32 Å². The van der Waals surface area contributed by atoms with Crippen LogP contribution in [-0.2, 0) is 11.3 Å². The molecule has 2 atom stereocenters. The van der Waals surface area contributed by atoms with Gasteiger partial charge in [-0.3, -0.25) is 9.59 Å². The molecule has 2 fully saturated rings. The highest BCUT2D eigenvalue weighted by Gasteiger charge is 2.61. The maximum atomic E-state index is 12.6. The predicted molar refractivity (Wildman–Crippen MR) is 98.7 cm³/mol. The molecule has 2 aliphatic rings. The molecule has 1 aromatic heterocycles. The number of hydrogen-bond acceptors (Lipinski definition) is 3. The zero-order valence-corrected chi connectivity index (χ0v) is 15.3. The molecule has 6 heteroatoms. The number of nitrogens with one attached hydrogen (secondary N) is 1. The number of amides is 2. The Labute approximate surface area is 155 Å². The van der Waals surface area contributed by atoms with E-state index in [0.29, 0.717) is 23.7 Å². The lowest BCUT2D eigenvalue weighted by atomic mass is 10.0. The molecule has 1 saturated carbocycles. The van der Waals surface area contributed by atoms with Gasteiger partial charge in [-0.15, -0.1) is 11.3 Å². The van der Waals surface area contributed by atoms with Crippen molar-refractivity contribution in [1.82, 2.24) is 10.2 Å². The Morgan fingerprint density at radius 1 is 1.28 bits per heavy atom. The average molecular weight is 375 g/mol. The van der Waals surface area contributed by atoms with Crippen LogP contribution in [0, 0.1) is 11.3 Å². The molecular weight excluding hydrogens is 356 g/mol. The van der Waals surface area contributed by atoms with Crippen LogP contribution in [-0.4, -0.2) is 29.8 Å². The third-order valence-electron chi connectivity index (χ3n) is 5.29. The van der Waals surface area contributed by atoms with E-state index in [1.165, 1.54) is 0 Å². The summed E-state index contributed by atoms with van der Waals surface area (Å²) < 4.78 is 0. The molecule has 0 unspecified atom stereocenters. The van der Waals surface area contributed by atoms with Crippen LogP contribution in [0.5, 0.6) is 0 Å². The predicted octanol–water partition coefficient (Wildman–Crippen LogP) is 3.57. The first-order valence-electron chi connectivity index (χ1n) is 8.42. The molecule has 2 amide bonds. The molecule has 4 rings (SSSR count). The average Bonchev–Trinajstić information content (AvgIpc) is 2.96. The van der Waals surface area contributed by atoms with Crippen molar-refractivity contribution in [2.45, 2.75) is 19.4 Å². The van der Waals surface area contributed by atoms with Crippen molar-refractivity contribution in [2.75, 3.05) is 13.1 Å². The number of likely N-dealkylation sites (tertiary alicyclic amines) is 1. The second-order valence-corrected chi connectivity index (χ2v) is 8.37. The number of benzene rings is 1. The molecule has 0 bridgehead atoms. The van der Waals surface area contributed by atoms with E-state index in [0.717, 1.165) is 24.3 Å². The quantitative estimate of drug-likeness (QED) is 0.889. The highest BCUT2D eigenvalue weighted by atomic mass is 35.5.